The van der Waals surface area contributed by atoms with Crippen LogP contribution in [-0.4, -0.2) is 10.2 Å². The van der Waals surface area contributed by atoms with Crippen molar-refractivity contribution in [2.24, 2.45) is 0 Å². The first-order chi connectivity index (χ1) is 11.8. The third-order valence-corrected chi connectivity index (χ3v) is 4.65. The van der Waals surface area contributed by atoms with Crippen molar-refractivity contribution in [2.45, 2.75) is 33.1 Å². The van der Waals surface area contributed by atoms with Crippen molar-refractivity contribution in [1.29, 1.82) is 0 Å². The highest BCUT2D eigenvalue weighted by Gasteiger charge is 2.25. The van der Waals surface area contributed by atoms with E-state index in [2.05, 4.69) is 26.0 Å². The molecule has 3 aromatic rings. The zero-order valence-corrected chi connectivity index (χ0v) is 15.3. The molecule has 3 rings (SSSR count). The SMILES string of the molecule is CC(C)(c1ccccc1)c1ccccc1O.Cc1cccc(O)c1C. The van der Waals surface area contributed by atoms with Crippen molar-refractivity contribution in [3.63, 3.8) is 0 Å². The Bertz CT molecular complexity index is 800. The van der Waals surface area contributed by atoms with E-state index < -0.39 is 0 Å². The molecular weight excluding hydrogens is 308 g/mol. The molecule has 0 atom stereocenters. The zero-order valence-electron chi connectivity index (χ0n) is 15.3. The Morgan fingerprint density at radius 2 is 1.20 bits per heavy atom. The summed E-state index contributed by atoms with van der Waals surface area (Å²) < 4.78 is 0. The van der Waals surface area contributed by atoms with Gasteiger partial charge in [0.15, 0.2) is 0 Å². The quantitative estimate of drug-likeness (QED) is 0.628. The Balaban J connectivity index is 0.000000212. The third-order valence-electron chi connectivity index (χ3n) is 4.65. The molecule has 0 radical (unpaired) electrons. The minimum atomic E-state index is -0.174. The smallest absolute Gasteiger partial charge is 0.119 e. The van der Waals surface area contributed by atoms with Crippen LogP contribution in [0.2, 0.25) is 0 Å². The van der Waals surface area contributed by atoms with Crippen LogP contribution >= 0.6 is 0 Å². The van der Waals surface area contributed by atoms with E-state index in [0.717, 1.165) is 16.7 Å². The monoisotopic (exact) mass is 334 g/mol. The average Bonchev–Trinajstić information content (AvgIpc) is 2.61. The van der Waals surface area contributed by atoms with Gasteiger partial charge in [-0.1, -0.05) is 74.5 Å². The molecule has 0 fully saturated rings. The molecule has 0 heterocycles. The lowest BCUT2D eigenvalue weighted by Crippen LogP contribution is -2.18. The molecule has 0 aromatic heterocycles. The number of aryl methyl sites for hydroxylation is 1. The lowest BCUT2D eigenvalue weighted by atomic mass is 9.78. The van der Waals surface area contributed by atoms with Crippen LogP contribution < -0.4 is 0 Å². The maximum atomic E-state index is 9.91. The molecule has 0 spiro atoms. The highest BCUT2D eigenvalue weighted by atomic mass is 16.3. The van der Waals surface area contributed by atoms with Crippen molar-refractivity contribution in [3.8, 4) is 11.5 Å². The van der Waals surface area contributed by atoms with Crippen molar-refractivity contribution in [2.75, 3.05) is 0 Å². The first kappa shape index (κ1) is 18.6. The number of phenols is 2. The minimum Gasteiger partial charge on any atom is -0.508 e. The number of hydrogen-bond donors (Lipinski definition) is 2. The molecular formula is C23H26O2. The van der Waals surface area contributed by atoms with Gasteiger partial charge in [-0.25, -0.2) is 0 Å². The maximum absolute atomic E-state index is 9.91. The highest BCUT2D eigenvalue weighted by molar-refractivity contribution is 5.44. The largest absolute Gasteiger partial charge is 0.508 e. The van der Waals surface area contributed by atoms with Gasteiger partial charge in [0.25, 0.3) is 0 Å². The van der Waals surface area contributed by atoms with Gasteiger partial charge in [0.05, 0.1) is 0 Å². The molecule has 2 N–H and O–H groups in total. The highest BCUT2D eigenvalue weighted by Crippen LogP contribution is 2.36. The summed E-state index contributed by atoms with van der Waals surface area (Å²) in [6, 6.07) is 23.3. The summed E-state index contributed by atoms with van der Waals surface area (Å²) >= 11 is 0. The number of rotatable bonds is 2. The van der Waals surface area contributed by atoms with Crippen molar-refractivity contribution >= 4 is 0 Å². The van der Waals surface area contributed by atoms with Gasteiger partial charge in [-0.05, 0) is 42.7 Å². The van der Waals surface area contributed by atoms with E-state index in [1.807, 2.05) is 62.4 Å². The first-order valence-electron chi connectivity index (χ1n) is 8.43. The number of hydrogen-bond acceptors (Lipinski definition) is 2. The summed E-state index contributed by atoms with van der Waals surface area (Å²) in [6.07, 6.45) is 0. The van der Waals surface area contributed by atoms with Gasteiger partial charge >= 0.3 is 0 Å². The second kappa shape index (κ2) is 7.89. The van der Waals surface area contributed by atoms with Crippen LogP contribution in [0.4, 0.5) is 0 Å². The van der Waals surface area contributed by atoms with Gasteiger partial charge < -0.3 is 10.2 Å². The van der Waals surface area contributed by atoms with Gasteiger partial charge in [0.1, 0.15) is 11.5 Å². The van der Waals surface area contributed by atoms with Crippen molar-refractivity contribution < 1.29 is 10.2 Å². The van der Waals surface area contributed by atoms with Crippen LogP contribution in [0.5, 0.6) is 11.5 Å². The van der Waals surface area contributed by atoms with Crippen LogP contribution in [0, 0.1) is 13.8 Å². The van der Waals surface area contributed by atoms with E-state index in [9.17, 15) is 5.11 Å². The van der Waals surface area contributed by atoms with E-state index >= 15 is 0 Å². The molecule has 0 unspecified atom stereocenters. The maximum Gasteiger partial charge on any atom is 0.119 e. The summed E-state index contributed by atoms with van der Waals surface area (Å²) in [6.45, 7) is 8.13. The van der Waals surface area contributed by atoms with E-state index in [0.29, 0.717) is 11.5 Å². The minimum absolute atomic E-state index is 0.174. The lowest BCUT2D eigenvalue weighted by molar-refractivity contribution is 0.453. The molecule has 0 saturated carbocycles. The Kier molecular flexibility index (Phi) is 5.87. The molecule has 0 bridgehead atoms. The Morgan fingerprint density at radius 3 is 1.76 bits per heavy atom. The Morgan fingerprint density at radius 1 is 0.640 bits per heavy atom. The Labute approximate surface area is 150 Å². The van der Waals surface area contributed by atoms with Crippen LogP contribution in [0.25, 0.3) is 0 Å². The number of para-hydroxylation sites is 1. The van der Waals surface area contributed by atoms with Gasteiger partial charge in [0, 0.05) is 11.0 Å². The van der Waals surface area contributed by atoms with E-state index in [-0.39, 0.29) is 5.41 Å². The zero-order chi connectivity index (χ0) is 18.4. The van der Waals surface area contributed by atoms with Crippen LogP contribution in [0.3, 0.4) is 0 Å². The predicted octanol–water partition coefficient (Wildman–Crippen LogP) is 5.73. The van der Waals surface area contributed by atoms with Crippen LogP contribution in [0.1, 0.15) is 36.1 Å². The molecule has 130 valence electrons. The van der Waals surface area contributed by atoms with E-state index in [1.165, 1.54) is 5.56 Å². The molecule has 25 heavy (non-hydrogen) atoms. The molecule has 3 aromatic carbocycles. The fraction of sp³-hybridized carbons (Fsp3) is 0.217. The van der Waals surface area contributed by atoms with Crippen LogP contribution in [-0.2, 0) is 5.41 Å². The van der Waals surface area contributed by atoms with Crippen molar-refractivity contribution in [3.05, 3.63) is 95.1 Å². The average molecular weight is 334 g/mol. The second-order valence-electron chi connectivity index (χ2n) is 6.73. The summed E-state index contributed by atoms with van der Waals surface area (Å²) in [5, 5.41) is 19.0. The number of phenolic OH excluding ortho intramolecular Hbond substituents is 2. The van der Waals surface area contributed by atoms with E-state index in [4.69, 9.17) is 5.11 Å². The van der Waals surface area contributed by atoms with Gasteiger partial charge in [-0.2, -0.15) is 0 Å². The van der Waals surface area contributed by atoms with Gasteiger partial charge in [0.2, 0.25) is 0 Å². The van der Waals surface area contributed by atoms with Crippen LogP contribution in [0.15, 0.2) is 72.8 Å². The normalized spacial score (nSPS) is 10.7. The predicted molar refractivity (Wildman–Crippen MR) is 104 cm³/mol. The molecule has 0 aliphatic heterocycles. The fourth-order valence-electron chi connectivity index (χ4n) is 2.75. The van der Waals surface area contributed by atoms with E-state index in [1.54, 1.807) is 12.1 Å². The van der Waals surface area contributed by atoms with Crippen molar-refractivity contribution in [1.82, 2.24) is 0 Å². The molecule has 2 heteroatoms. The third kappa shape index (κ3) is 4.42. The first-order valence-corrected chi connectivity index (χ1v) is 8.43. The summed E-state index contributed by atoms with van der Waals surface area (Å²) in [5.74, 6) is 0.742. The van der Waals surface area contributed by atoms with Gasteiger partial charge in [-0.15, -0.1) is 0 Å². The standard InChI is InChI=1S/C15H16O.C8H10O/c1-15(2,12-8-4-3-5-9-12)13-10-6-7-11-14(13)16;1-6-4-3-5-8(9)7(6)2/h3-11,16H,1-2H3;3-5,9H,1-2H3. The molecule has 0 aliphatic rings. The summed E-state index contributed by atoms with van der Waals surface area (Å²) in [5.41, 5.74) is 4.09. The number of benzene rings is 3. The molecule has 0 aliphatic carbocycles. The second-order valence-corrected chi connectivity index (χ2v) is 6.73. The Hall–Kier alpha value is -2.74. The van der Waals surface area contributed by atoms with Gasteiger partial charge in [-0.3, -0.25) is 0 Å². The number of aromatic hydroxyl groups is 2. The lowest BCUT2D eigenvalue weighted by Gasteiger charge is -2.26. The topological polar surface area (TPSA) is 40.5 Å². The molecule has 0 amide bonds. The molecule has 2 nitrogen and oxygen atoms in total. The summed E-state index contributed by atoms with van der Waals surface area (Å²) in [4.78, 5) is 0. The fourth-order valence-corrected chi connectivity index (χ4v) is 2.75. The molecule has 0 saturated heterocycles. The summed E-state index contributed by atoms with van der Waals surface area (Å²) in [7, 11) is 0.